The van der Waals surface area contributed by atoms with Gasteiger partial charge in [-0.1, -0.05) is 17.7 Å². The molecule has 0 amide bonds. The highest BCUT2D eigenvalue weighted by Gasteiger charge is 2.17. The zero-order valence-corrected chi connectivity index (χ0v) is 11.6. The van der Waals surface area contributed by atoms with E-state index in [4.69, 9.17) is 11.6 Å². The Morgan fingerprint density at radius 2 is 1.94 bits per heavy atom. The van der Waals surface area contributed by atoms with Gasteiger partial charge in [0.2, 0.25) is 0 Å². The van der Waals surface area contributed by atoms with E-state index in [1.165, 1.54) is 0 Å². The Balaban J connectivity index is 3.08. The fourth-order valence-corrected chi connectivity index (χ4v) is 2.38. The quantitative estimate of drug-likeness (QED) is 0.788. The zero-order valence-electron chi connectivity index (χ0n) is 10.9. The van der Waals surface area contributed by atoms with Crippen molar-refractivity contribution in [2.45, 2.75) is 13.8 Å². The number of pyridine rings is 1. The molecule has 0 aliphatic heterocycles. The summed E-state index contributed by atoms with van der Waals surface area (Å²) in [6, 6.07) is 6.02. The molecule has 0 N–H and O–H groups in total. The molecule has 0 bridgehead atoms. The molecule has 0 saturated heterocycles. The number of benzene rings is 1. The second-order valence-corrected chi connectivity index (χ2v) is 4.92. The first kappa shape index (κ1) is 12.7. The van der Waals surface area contributed by atoms with Crippen molar-refractivity contribution >= 4 is 28.2 Å². The van der Waals surface area contributed by atoms with E-state index in [1.807, 2.05) is 45.0 Å². The molecule has 3 nitrogen and oxygen atoms in total. The van der Waals surface area contributed by atoms with Gasteiger partial charge in [-0.05, 0) is 25.5 Å². The number of nitriles is 1. The van der Waals surface area contributed by atoms with Gasteiger partial charge in [0.25, 0.3) is 0 Å². The normalized spacial score (nSPS) is 10.4. The number of hydrogen-bond donors (Lipinski definition) is 0. The summed E-state index contributed by atoms with van der Waals surface area (Å²) in [4.78, 5) is 6.43. The second-order valence-electron chi connectivity index (χ2n) is 4.51. The van der Waals surface area contributed by atoms with Gasteiger partial charge in [0.15, 0.2) is 0 Å². The Kier molecular flexibility index (Phi) is 3.14. The third-order valence-corrected chi connectivity index (χ3v) is 3.32. The molecule has 92 valence electrons. The molecule has 0 spiro atoms. The van der Waals surface area contributed by atoms with Crippen molar-refractivity contribution in [1.82, 2.24) is 4.98 Å². The lowest BCUT2D eigenvalue weighted by Gasteiger charge is -2.19. The van der Waals surface area contributed by atoms with Crippen molar-refractivity contribution in [3.05, 3.63) is 34.0 Å². The van der Waals surface area contributed by atoms with E-state index in [1.54, 1.807) is 0 Å². The lowest BCUT2D eigenvalue weighted by Crippen LogP contribution is -2.13. The van der Waals surface area contributed by atoms with Gasteiger partial charge in [0.1, 0.15) is 6.07 Å². The van der Waals surface area contributed by atoms with Crippen LogP contribution in [-0.2, 0) is 0 Å². The van der Waals surface area contributed by atoms with E-state index in [-0.39, 0.29) is 0 Å². The molecular weight excluding hydrogens is 246 g/mol. The number of rotatable bonds is 1. The first-order valence-electron chi connectivity index (χ1n) is 5.64. The molecule has 2 aromatic rings. The molecule has 4 heteroatoms. The van der Waals surface area contributed by atoms with Crippen LogP contribution in [0.15, 0.2) is 12.1 Å². The maximum Gasteiger partial charge on any atom is 0.103 e. The van der Waals surface area contributed by atoms with E-state index >= 15 is 0 Å². The van der Waals surface area contributed by atoms with E-state index in [2.05, 4.69) is 11.1 Å². The summed E-state index contributed by atoms with van der Waals surface area (Å²) >= 11 is 6.28. The van der Waals surface area contributed by atoms with Gasteiger partial charge in [-0.15, -0.1) is 0 Å². The van der Waals surface area contributed by atoms with Crippen LogP contribution < -0.4 is 4.90 Å². The molecule has 0 atom stereocenters. The van der Waals surface area contributed by atoms with Crippen LogP contribution in [0.25, 0.3) is 10.9 Å². The van der Waals surface area contributed by atoms with Crippen LogP contribution in [0.4, 0.5) is 5.69 Å². The van der Waals surface area contributed by atoms with Crippen molar-refractivity contribution in [3.8, 4) is 6.07 Å². The molecule has 0 unspecified atom stereocenters. The first-order chi connectivity index (χ1) is 8.47. The number of anilines is 1. The fourth-order valence-electron chi connectivity index (χ4n) is 2.14. The maximum atomic E-state index is 9.31. The van der Waals surface area contributed by atoms with Gasteiger partial charge in [-0.3, -0.25) is 4.98 Å². The van der Waals surface area contributed by atoms with Crippen molar-refractivity contribution in [2.24, 2.45) is 0 Å². The molecule has 1 aromatic carbocycles. The topological polar surface area (TPSA) is 39.9 Å². The summed E-state index contributed by atoms with van der Waals surface area (Å²) in [7, 11) is 3.82. The zero-order chi connectivity index (χ0) is 13.4. The van der Waals surface area contributed by atoms with Crippen LogP contribution in [-0.4, -0.2) is 19.1 Å². The van der Waals surface area contributed by atoms with Gasteiger partial charge < -0.3 is 4.90 Å². The van der Waals surface area contributed by atoms with Crippen molar-refractivity contribution in [3.63, 3.8) is 0 Å². The molecule has 0 aliphatic rings. The van der Waals surface area contributed by atoms with Crippen molar-refractivity contribution in [2.75, 3.05) is 19.0 Å². The minimum atomic E-state index is 0.583. The highest BCUT2D eigenvalue weighted by atomic mass is 35.5. The van der Waals surface area contributed by atoms with Gasteiger partial charge in [-0.25, -0.2) is 0 Å². The number of fused-ring (bicyclic) bond motifs is 1. The van der Waals surface area contributed by atoms with Crippen LogP contribution in [0.3, 0.4) is 0 Å². The Hall–Kier alpha value is -1.79. The molecule has 0 fully saturated rings. The molecule has 0 saturated carbocycles. The summed E-state index contributed by atoms with van der Waals surface area (Å²) in [6.07, 6.45) is 0. The molecule has 0 radical (unpaired) electrons. The predicted octanol–water partition coefficient (Wildman–Crippen LogP) is 3.44. The minimum Gasteiger partial charge on any atom is -0.376 e. The van der Waals surface area contributed by atoms with Crippen LogP contribution in [0, 0.1) is 25.2 Å². The molecule has 0 aliphatic carbocycles. The molecule has 1 aromatic heterocycles. The molecular formula is C14H14ClN3. The van der Waals surface area contributed by atoms with Gasteiger partial charge in [0.05, 0.1) is 27.5 Å². The summed E-state index contributed by atoms with van der Waals surface area (Å²) in [5.74, 6) is 0. The maximum absolute atomic E-state index is 9.31. The predicted molar refractivity (Wildman–Crippen MR) is 75.3 cm³/mol. The third-order valence-electron chi connectivity index (χ3n) is 3.00. The number of aromatic nitrogens is 1. The number of hydrogen-bond acceptors (Lipinski definition) is 3. The monoisotopic (exact) mass is 259 g/mol. The highest BCUT2D eigenvalue weighted by molar-refractivity contribution is 6.36. The van der Waals surface area contributed by atoms with Gasteiger partial charge >= 0.3 is 0 Å². The standard InChI is InChI=1S/C14H14ClN3/c1-8-5-6-11(15)12-13(8)17-9(2)10(7-16)14(12)18(3)4/h5-6H,1-4H3. The SMILES string of the molecule is Cc1nc2c(C)ccc(Cl)c2c(N(C)C)c1C#N. The summed E-state index contributed by atoms with van der Waals surface area (Å²) < 4.78 is 0. The average Bonchev–Trinajstić information content (AvgIpc) is 2.32. The van der Waals surface area contributed by atoms with Crippen LogP contribution in [0.5, 0.6) is 0 Å². The summed E-state index contributed by atoms with van der Waals surface area (Å²) in [6.45, 7) is 3.85. The average molecular weight is 260 g/mol. The van der Waals surface area contributed by atoms with Crippen LogP contribution in [0.1, 0.15) is 16.8 Å². The highest BCUT2D eigenvalue weighted by Crippen LogP contribution is 2.36. The Morgan fingerprint density at radius 1 is 1.28 bits per heavy atom. The largest absolute Gasteiger partial charge is 0.376 e. The molecule has 18 heavy (non-hydrogen) atoms. The first-order valence-corrected chi connectivity index (χ1v) is 6.02. The lowest BCUT2D eigenvalue weighted by molar-refractivity contribution is 1.11. The Bertz CT molecular complexity index is 669. The van der Waals surface area contributed by atoms with Crippen LogP contribution >= 0.6 is 11.6 Å². The smallest absolute Gasteiger partial charge is 0.103 e. The summed E-state index contributed by atoms with van der Waals surface area (Å²) in [5, 5.41) is 10.8. The van der Waals surface area contributed by atoms with E-state index in [0.717, 1.165) is 27.8 Å². The van der Waals surface area contributed by atoms with E-state index in [9.17, 15) is 5.26 Å². The molecule has 1 heterocycles. The Morgan fingerprint density at radius 3 is 2.50 bits per heavy atom. The van der Waals surface area contributed by atoms with E-state index < -0.39 is 0 Å². The van der Waals surface area contributed by atoms with Crippen molar-refractivity contribution < 1.29 is 0 Å². The number of nitrogens with zero attached hydrogens (tertiary/aromatic N) is 3. The molecule has 2 rings (SSSR count). The van der Waals surface area contributed by atoms with Gasteiger partial charge in [-0.2, -0.15) is 5.26 Å². The van der Waals surface area contributed by atoms with Crippen LogP contribution in [0.2, 0.25) is 5.02 Å². The third kappa shape index (κ3) is 1.79. The number of halogens is 1. The van der Waals surface area contributed by atoms with Gasteiger partial charge in [0, 0.05) is 19.5 Å². The lowest BCUT2D eigenvalue weighted by atomic mass is 10.0. The summed E-state index contributed by atoms with van der Waals surface area (Å²) in [5.41, 5.74) is 4.08. The fraction of sp³-hybridized carbons (Fsp3) is 0.286. The van der Waals surface area contributed by atoms with E-state index in [0.29, 0.717) is 10.6 Å². The van der Waals surface area contributed by atoms with Crippen molar-refractivity contribution in [1.29, 1.82) is 5.26 Å². The Labute approximate surface area is 112 Å². The second kappa shape index (κ2) is 4.47. The number of aryl methyl sites for hydroxylation is 2. The minimum absolute atomic E-state index is 0.583.